The van der Waals surface area contributed by atoms with Crippen LogP contribution in [0.4, 0.5) is 13.2 Å². The summed E-state index contributed by atoms with van der Waals surface area (Å²) in [4.78, 5) is 0. The predicted molar refractivity (Wildman–Crippen MR) is 73.1 cm³/mol. The molecular weight excluding hydrogens is 307 g/mol. The molecule has 0 amide bonds. The van der Waals surface area contributed by atoms with Crippen LogP contribution in [0.5, 0.6) is 0 Å². The highest BCUT2D eigenvalue weighted by Crippen LogP contribution is 2.29. The molecule has 0 aliphatic carbocycles. The predicted octanol–water partition coefficient (Wildman–Crippen LogP) is 2.46. The molecule has 0 bridgehead atoms. The number of halogens is 3. The second-order valence-corrected chi connectivity index (χ2v) is 6.58. The first-order valence-corrected chi connectivity index (χ1v) is 8.13. The molecular formula is C13H18F3NO3S. The summed E-state index contributed by atoms with van der Waals surface area (Å²) in [5.74, 6) is -0.0385. The van der Waals surface area contributed by atoms with Gasteiger partial charge in [-0.1, -0.05) is 25.5 Å². The Kier molecular flexibility index (Phi) is 6.18. The maximum atomic E-state index is 12.4. The minimum absolute atomic E-state index is 0.0385. The van der Waals surface area contributed by atoms with E-state index in [1.54, 1.807) is 0 Å². The minimum Gasteiger partial charge on any atom is -0.387 e. The van der Waals surface area contributed by atoms with Gasteiger partial charge in [-0.2, -0.15) is 13.2 Å². The van der Waals surface area contributed by atoms with Gasteiger partial charge in [0.15, 0.2) is 0 Å². The number of unbranched alkanes of at least 4 members (excludes halogenated alkanes) is 1. The second kappa shape index (κ2) is 7.24. The van der Waals surface area contributed by atoms with E-state index in [0.29, 0.717) is 6.42 Å². The van der Waals surface area contributed by atoms with E-state index in [9.17, 15) is 26.7 Å². The fourth-order valence-corrected chi connectivity index (χ4v) is 2.85. The fourth-order valence-electron chi connectivity index (χ4n) is 1.62. The number of aliphatic hydroxyl groups is 1. The normalized spacial score (nSPS) is 14.1. The van der Waals surface area contributed by atoms with Crippen LogP contribution in [0.2, 0.25) is 0 Å². The van der Waals surface area contributed by atoms with Crippen molar-refractivity contribution in [3.05, 3.63) is 35.4 Å². The molecule has 0 aromatic heterocycles. The highest BCUT2D eigenvalue weighted by Gasteiger charge is 2.30. The largest absolute Gasteiger partial charge is 0.416 e. The van der Waals surface area contributed by atoms with Crippen molar-refractivity contribution in [2.24, 2.45) is 0 Å². The Morgan fingerprint density at radius 1 is 1.24 bits per heavy atom. The monoisotopic (exact) mass is 325 g/mol. The minimum atomic E-state index is -4.44. The van der Waals surface area contributed by atoms with Crippen molar-refractivity contribution in [1.82, 2.24) is 4.72 Å². The molecule has 1 aromatic carbocycles. The summed E-state index contributed by atoms with van der Waals surface area (Å²) in [6.07, 6.45) is -4.40. The van der Waals surface area contributed by atoms with E-state index in [1.165, 1.54) is 0 Å². The van der Waals surface area contributed by atoms with Crippen molar-refractivity contribution in [2.45, 2.75) is 32.0 Å². The van der Waals surface area contributed by atoms with Crippen LogP contribution in [0.3, 0.4) is 0 Å². The van der Waals surface area contributed by atoms with Crippen molar-refractivity contribution >= 4 is 10.0 Å². The smallest absolute Gasteiger partial charge is 0.387 e. The second-order valence-electron chi connectivity index (χ2n) is 4.66. The quantitative estimate of drug-likeness (QED) is 0.809. The Balaban J connectivity index is 2.62. The van der Waals surface area contributed by atoms with Crippen molar-refractivity contribution in [3.63, 3.8) is 0 Å². The van der Waals surface area contributed by atoms with Crippen molar-refractivity contribution in [1.29, 1.82) is 0 Å². The standard InChI is InChI=1S/C13H18F3NO3S/c1-2-3-8-21(19,20)17-9-12(18)10-4-6-11(7-5-10)13(14,15)16/h4-7,12,17-18H,2-3,8-9H2,1H3. The average Bonchev–Trinajstić information content (AvgIpc) is 2.42. The molecule has 4 nitrogen and oxygen atoms in total. The molecule has 0 aliphatic rings. The number of hydrogen-bond acceptors (Lipinski definition) is 3. The number of sulfonamides is 1. The van der Waals surface area contributed by atoms with Gasteiger partial charge in [0.25, 0.3) is 0 Å². The third-order valence-electron chi connectivity index (χ3n) is 2.89. The van der Waals surface area contributed by atoms with Crippen LogP contribution < -0.4 is 4.72 Å². The third-order valence-corrected chi connectivity index (χ3v) is 4.32. The number of nitrogens with one attached hydrogen (secondary N) is 1. The summed E-state index contributed by atoms with van der Waals surface area (Å²) in [7, 11) is -3.47. The Bertz CT molecular complexity index is 541. The van der Waals surface area contributed by atoms with Crippen molar-refractivity contribution in [2.75, 3.05) is 12.3 Å². The van der Waals surface area contributed by atoms with E-state index in [4.69, 9.17) is 0 Å². The molecule has 0 heterocycles. The molecule has 120 valence electrons. The molecule has 1 rings (SSSR count). The van der Waals surface area contributed by atoms with Gasteiger partial charge < -0.3 is 5.11 Å². The number of rotatable bonds is 7. The lowest BCUT2D eigenvalue weighted by Crippen LogP contribution is -2.30. The van der Waals surface area contributed by atoms with Gasteiger partial charge in [0.05, 0.1) is 17.4 Å². The first kappa shape index (κ1) is 17.9. The Labute approximate surface area is 122 Å². The van der Waals surface area contributed by atoms with Gasteiger partial charge in [0.2, 0.25) is 10.0 Å². The first-order valence-electron chi connectivity index (χ1n) is 6.48. The zero-order valence-corrected chi connectivity index (χ0v) is 12.3. The molecule has 0 fully saturated rings. The van der Waals surface area contributed by atoms with Crippen LogP contribution in [0.25, 0.3) is 0 Å². The molecule has 0 spiro atoms. The molecule has 1 unspecified atom stereocenters. The first-order chi connectivity index (χ1) is 9.65. The molecule has 0 saturated heterocycles. The summed E-state index contributed by atoms with van der Waals surface area (Å²) < 4.78 is 62.5. The van der Waals surface area contributed by atoms with Crippen LogP contribution in [0.1, 0.15) is 37.0 Å². The summed E-state index contributed by atoms with van der Waals surface area (Å²) in [5, 5.41) is 9.79. The topological polar surface area (TPSA) is 66.4 Å². The van der Waals surface area contributed by atoms with E-state index in [-0.39, 0.29) is 17.9 Å². The molecule has 8 heteroatoms. The van der Waals surface area contributed by atoms with Crippen molar-refractivity contribution in [3.8, 4) is 0 Å². The fraction of sp³-hybridized carbons (Fsp3) is 0.538. The van der Waals surface area contributed by atoms with E-state index < -0.39 is 27.9 Å². The van der Waals surface area contributed by atoms with Gasteiger partial charge in [-0.15, -0.1) is 0 Å². The summed E-state index contributed by atoms with van der Waals surface area (Å²) >= 11 is 0. The van der Waals surface area contributed by atoms with Crippen LogP contribution in [0, 0.1) is 0 Å². The number of hydrogen-bond donors (Lipinski definition) is 2. The summed E-state index contributed by atoms with van der Waals surface area (Å²) in [5.41, 5.74) is -0.594. The highest BCUT2D eigenvalue weighted by atomic mass is 32.2. The maximum absolute atomic E-state index is 12.4. The van der Waals surface area contributed by atoms with Gasteiger partial charge in [-0.25, -0.2) is 13.1 Å². The number of alkyl halides is 3. The Morgan fingerprint density at radius 3 is 2.29 bits per heavy atom. The van der Waals surface area contributed by atoms with Crippen LogP contribution >= 0.6 is 0 Å². The van der Waals surface area contributed by atoms with E-state index in [1.807, 2.05) is 6.92 Å². The van der Waals surface area contributed by atoms with E-state index in [2.05, 4.69) is 4.72 Å². The molecule has 0 aliphatic heterocycles. The molecule has 21 heavy (non-hydrogen) atoms. The maximum Gasteiger partial charge on any atom is 0.416 e. The van der Waals surface area contributed by atoms with Gasteiger partial charge in [0, 0.05) is 6.54 Å². The SMILES string of the molecule is CCCCS(=O)(=O)NCC(O)c1ccc(C(F)(F)F)cc1. The van der Waals surface area contributed by atoms with Crippen LogP contribution in [0.15, 0.2) is 24.3 Å². The van der Waals surface area contributed by atoms with Gasteiger partial charge >= 0.3 is 6.18 Å². The summed E-state index contributed by atoms with van der Waals surface area (Å²) in [6, 6.07) is 3.97. The van der Waals surface area contributed by atoms with Gasteiger partial charge in [-0.3, -0.25) is 0 Å². The highest BCUT2D eigenvalue weighted by molar-refractivity contribution is 7.89. The third kappa shape index (κ3) is 6.03. The lowest BCUT2D eigenvalue weighted by molar-refractivity contribution is -0.137. The average molecular weight is 325 g/mol. The molecule has 0 radical (unpaired) electrons. The summed E-state index contributed by atoms with van der Waals surface area (Å²) in [6.45, 7) is 1.59. The van der Waals surface area contributed by atoms with Gasteiger partial charge in [-0.05, 0) is 24.1 Å². The molecule has 0 saturated carbocycles. The molecule has 1 atom stereocenters. The Morgan fingerprint density at radius 2 is 1.81 bits per heavy atom. The number of aliphatic hydroxyl groups excluding tert-OH is 1. The van der Waals surface area contributed by atoms with Gasteiger partial charge in [0.1, 0.15) is 0 Å². The van der Waals surface area contributed by atoms with Crippen molar-refractivity contribution < 1.29 is 26.7 Å². The van der Waals surface area contributed by atoms with Crippen LogP contribution in [-0.2, 0) is 16.2 Å². The van der Waals surface area contributed by atoms with E-state index >= 15 is 0 Å². The lowest BCUT2D eigenvalue weighted by Gasteiger charge is -2.14. The molecule has 1 aromatic rings. The Hall–Kier alpha value is -1.12. The molecule has 2 N–H and O–H groups in total. The number of benzene rings is 1. The lowest BCUT2D eigenvalue weighted by atomic mass is 10.1. The van der Waals surface area contributed by atoms with E-state index in [0.717, 1.165) is 30.7 Å². The van der Waals surface area contributed by atoms with Crippen LogP contribution in [-0.4, -0.2) is 25.8 Å². The zero-order valence-electron chi connectivity index (χ0n) is 11.5. The zero-order chi connectivity index (χ0) is 16.1.